The molecule has 9 N–H and O–H groups in total. The molecule has 1 saturated heterocycles. The third-order valence-corrected chi connectivity index (χ3v) is 5.16. The summed E-state index contributed by atoms with van der Waals surface area (Å²) in [6, 6.07) is -1.42. The number of nitrogens with zero attached hydrogens (tertiary/aromatic N) is 1. The quantitative estimate of drug-likeness (QED) is 0.100. The molecule has 0 bridgehead atoms. The maximum absolute atomic E-state index is 11.5. The van der Waals surface area contributed by atoms with Gasteiger partial charge in [0.15, 0.2) is 6.29 Å². The van der Waals surface area contributed by atoms with Gasteiger partial charge >= 0.3 is 5.97 Å². The van der Waals surface area contributed by atoms with Crippen molar-refractivity contribution in [3.63, 3.8) is 0 Å². The van der Waals surface area contributed by atoms with Crippen molar-refractivity contribution >= 4 is 24.1 Å². The molecule has 10 unspecified atom stereocenters. The first-order chi connectivity index (χ1) is 13.9. The summed E-state index contributed by atoms with van der Waals surface area (Å²) in [5, 5.41) is 79.6. The Balaban J connectivity index is 2.25. The second-order valence-corrected chi connectivity index (χ2v) is 7.49. The largest absolute Gasteiger partial charge is 0.481 e. The minimum absolute atomic E-state index is 0.0824. The molecule has 16 heteroatoms. The predicted molar refractivity (Wildman–Crippen MR) is 91.0 cm³/mol. The van der Waals surface area contributed by atoms with E-state index in [0.717, 1.165) is 6.92 Å². The maximum Gasteiger partial charge on any atom is 0.309 e. The number of nitrogens with one attached hydrogen (secondary N) is 1. The highest BCUT2D eigenvalue weighted by molar-refractivity contribution is 7.91. The van der Waals surface area contributed by atoms with E-state index in [-0.39, 0.29) is 12.2 Å². The average Bonchev–Trinajstić information content (AvgIpc) is 2.65. The van der Waals surface area contributed by atoms with Crippen LogP contribution in [0, 0.1) is 5.92 Å². The van der Waals surface area contributed by atoms with Crippen LogP contribution in [-0.2, 0) is 23.2 Å². The molecule has 0 aromatic heterocycles. The highest BCUT2D eigenvalue weighted by Gasteiger charge is 2.52. The summed E-state index contributed by atoms with van der Waals surface area (Å²) >= 11 is -0.0824. The van der Waals surface area contributed by atoms with Crippen LogP contribution in [0.15, 0.2) is 0 Å². The van der Waals surface area contributed by atoms with Crippen LogP contribution >= 0.6 is 12.2 Å². The van der Waals surface area contributed by atoms with Crippen LogP contribution < -0.4 is 5.32 Å². The summed E-state index contributed by atoms with van der Waals surface area (Å²) in [7, 11) is 0. The van der Waals surface area contributed by atoms with Gasteiger partial charge < -0.3 is 45.4 Å². The summed E-state index contributed by atoms with van der Waals surface area (Å²) in [5.41, 5.74) is 0. The number of carbonyl (C=O) groups is 2. The summed E-state index contributed by atoms with van der Waals surface area (Å²) in [6.07, 6.45) is -14.2. The van der Waals surface area contributed by atoms with Gasteiger partial charge in [0, 0.05) is 11.6 Å². The molecule has 2 aliphatic rings. The molecule has 1 heterocycles. The first-order valence-corrected chi connectivity index (χ1v) is 9.36. The third-order valence-electron chi connectivity index (χ3n) is 4.75. The SMILES string of the molecule is CC(=O)NC1C(O)OC(OSN(O)O)C(O)C1OC1CC(C(=O)O)C(O)C(O)C1O. The van der Waals surface area contributed by atoms with Crippen LogP contribution in [-0.4, -0.2) is 113 Å². The predicted octanol–water partition coefficient (Wildman–Crippen LogP) is -3.87. The number of hydrogen-bond acceptors (Lipinski definition) is 14. The Labute approximate surface area is 173 Å². The molecule has 0 spiro atoms. The zero-order valence-electron chi connectivity index (χ0n) is 15.5. The van der Waals surface area contributed by atoms with Crippen LogP contribution in [0.2, 0.25) is 0 Å². The molecule has 1 aliphatic heterocycles. The van der Waals surface area contributed by atoms with Crippen molar-refractivity contribution in [3.05, 3.63) is 0 Å². The number of carboxylic acids is 1. The van der Waals surface area contributed by atoms with Crippen LogP contribution in [0.3, 0.4) is 0 Å². The van der Waals surface area contributed by atoms with E-state index in [1.54, 1.807) is 0 Å². The van der Waals surface area contributed by atoms with Crippen molar-refractivity contribution in [1.29, 1.82) is 0 Å². The smallest absolute Gasteiger partial charge is 0.309 e. The maximum atomic E-state index is 11.5. The van der Waals surface area contributed by atoms with Gasteiger partial charge in [-0.25, -0.2) is 0 Å². The first-order valence-electron chi connectivity index (χ1n) is 8.66. The van der Waals surface area contributed by atoms with E-state index in [1.165, 1.54) is 0 Å². The van der Waals surface area contributed by atoms with Crippen molar-refractivity contribution in [2.24, 2.45) is 5.92 Å². The van der Waals surface area contributed by atoms with Crippen molar-refractivity contribution in [1.82, 2.24) is 9.95 Å². The molecule has 10 atom stereocenters. The molecule has 174 valence electrons. The Morgan fingerprint density at radius 3 is 2.23 bits per heavy atom. The van der Waals surface area contributed by atoms with Gasteiger partial charge in [0.25, 0.3) is 0 Å². The van der Waals surface area contributed by atoms with E-state index in [9.17, 15) is 40.2 Å². The molecule has 0 aromatic rings. The number of amides is 1. The Morgan fingerprint density at radius 1 is 1.07 bits per heavy atom. The Morgan fingerprint density at radius 2 is 1.70 bits per heavy atom. The number of aliphatic hydroxyl groups is 5. The van der Waals surface area contributed by atoms with E-state index in [2.05, 4.69) is 5.32 Å². The zero-order valence-corrected chi connectivity index (χ0v) is 16.3. The Kier molecular flexibility index (Phi) is 8.74. The number of ether oxygens (including phenoxy) is 2. The number of rotatable bonds is 7. The third kappa shape index (κ3) is 5.75. The molecule has 30 heavy (non-hydrogen) atoms. The van der Waals surface area contributed by atoms with Gasteiger partial charge in [0.2, 0.25) is 12.2 Å². The molecule has 2 fully saturated rings. The lowest BCUT2D eigenvalue weighted by Gasteiger charge is -2.46. The topological polar surface area (TPSA) is 239 Å². The zero-order chi connectivity index (χ0) is 22.7. The summed E-state index contributed by atoms with van der Waals surface area (Å²) in [5.74, 6) is -3.62. The summed E-state index contributed by atoms with van der Waals surface area (Å²) in [6.45, 7) is 1.10. The van der Waals surface area contributed by atoms with E-state index in [1.807, 2.05) is 0 Å². The monoisotopic (exact) mass is 460 g/mol. The van der Waals surface area contributed by atoms with Crippen molar-refractivity contribution in [2.75, 3.05) is 0 Å². The molecular weight excluding hydrogens is 436 g/mol. The van der Waals surface area contributed by atoms with Crippen molar-refractivity contribution in [3.8, 4) is 0 Å². The van der Waals surface area contributed by atoms with Gasteiger partial charge in [-0.1, -0.05) is 0 Å². The first kappa shape index (κ1) is 25.1. The average molecular weight is 460 g/mol. The number of hydrogen-bond donors (Lipinski definition) is 9. The highest BCUT2D eigenvalue weighted by atomic mass is 32.2. The van der Waals surface area contributed by atoms with Crippen LogP contribution in [0.5, 0.6) is 0 Å². The second kappa shape index (κ2) is 10.4. The lowest BCUT2D eigenvalue weighted by Crippen LogP contribution is -2.66. The van der Waals surface area contributed by atoms with E-state index in [0.29, 0.717) is 0 Å². The van der Waals surface area contributed by atoms with Crippen molar-refractivity contribution in [2.45, 2.75) is 68.6 Å². The molecule has 0 aromatic carbocycles. The normalized spacial score (nSPS) is 42.2. The Bertz CT molecular complexity index is 612. The fourth-order valence-electron chi connectivity index (χ4n) is 3.32. The number of aliphatic carboxylic acids is 1. The number of aliphatic hydroxyl groups excluding tert-OH is 5. The minimum atomic E-state index is -1.88. The van der Waals surface area contributed by atoms with Gasteiger partial charge in [-0.2, -0.15) is 0 Å². The molecule has 15 nitrogen and oxygen atoms in total. The van der Waals surface area contributed by atoms with Crippen LogP contribution in [0.4, 0.5) is 0 Å². The van der Waals surface area contributed by atoms with Crippen molar-refractivity contribution < 1.29 is 64.3 Å². The highest BCUT2D eigenvalue weighted by Crippen LogP contribution is 2.33. The fourth-order valence-corrected chi connectivity index (χ4v) is 3.64. The second-order valence-electron chi connectivity index (χ2n) is 6.83. The van der Waals surface area contributed by atoms with E-state index < -0.39 is 84.1 Å². The van der Waals surface area contributed by atoms with E-state index in [4.69, 9.17) is 24.1 Å². The molecular formula is C14H24N2O13S. The van der Waals surface area contributed by atoms with Gasteiger partial charge in [-0.05, 0) is 6.42 Å². The van der Waals surface area contributed by atoms with Crippen LogP contribution in [0.1, 0.15) is 13.3 Å². The molecule has 1 amide bonds. The van der Waals surface area contributed by atoms with Gasteiger partial charge in [-0.15, -0.1) is 0 Å². The van der Waals surface area contributed by atoms with E-state index >= 15 is 0 Å². The minimum Gasteiger partial charge on any atom is -0.481 e. The standard InChI is InChI=1S/C14H24N2O13S/c1-3(17)15-6-11(10(21)14(28-13(6)24)29-30-16(25)26)27-5-2-4(12(22)23)7(18)9(20)8(5)19/h4-11,13-14,18-21,24-26H,2H2,1H3,(H,15,17)(H,22,23). The fraction of sp³-hybridized carbons (Fsp3) is 0.857. The summed E-state index contributed by atoms with van der Waals surface area (Å²) in [4.78, 5) is 22.8. The molecule has 2 rings (SSSR count). The lowest BCUT2D eigenvalue weighted by molar-refractivity contribution is -0.314. The number of carboxylic acid groups (broad SMARTS) is 1. The molecule has 0 radical (unpaired) electrons. The summed E-state index contributed by atoms with van der Waals surface area (Å²) < 4.78 is 14.9. The molecule has 1 aliphatic carbocycles. The lowest BCUT2D eigenvalue weighted by atomic mass is 9.80. The van der Waals surface area contributed by atoms with Gasteiger partial charge in [-0.3, -0.25) is 24.2 Å². The Hall–Kier alpha value is -1.15. The molecule has 1 saturated carbocycles. The van der Waals surface area contributed by atoms with Gasteiger partial charge in [0.05, 0.1) is 18.1 Å². The number of carbonyl (C=O) groups excluding carboxylic acids is 1. The van der Waals surface area contributed by atoms with Gasteiger partial charge in [0.1, 0.15) is 42.7 Å². The van der Waals surface area contributed by atoms with Crippen LogP contribution in [0.25, 0.3) is 0 Å².